The molecule has 0 aromatic heterocycles. The predicted octanol–water partition coefficient (Wildman–Crippen LogP) is 4.09. The van der Waals surface area contributed by atoms with Crippen molar-refractivity contribution in [3.05, 3.63) is 64.7 Å². The van der Waals surface area contributed by atoms with Crippen LogP contribution in [0.5, 0.6) is 0 Å². The summed E-state index contributed by atoms with van der Waals surface area (Å²) >= 11 is 6.86. The Morgan fingerprint density at radius 3 is 2.61 bits per heavy atom. The average molecular weight is 277 g/mol. The topological polar surface area (TPSA) is 34.1 Å². The summed E-state index contributed by atoms with van der Waals surface area (Å²) in [6.07, 6.45) is 0.744. The highest BCUT2D eigenvalue weighted by atomic mass is 35.5. The molecule has 2 nitrogen and oxygen atoms in total. The van der Waals surface area contributed by atoms with Crippen LogP contribution in [-0.2, 0) is 0 Å². The van der Waals surface area contributed by atoms with Crippen molar-refractivity contribution >= 4 is 34.8 Å². The van der Waals surface area contributed by atoms with Gasteiger partial charge in [-0.25, -0.2) is 0 Å². The summed E-state index contributed by atoms with van der Waals surface area (Å²) in [5.74, 6) is 0. The molecule has 0 unspecified atom stereocenters. The van der Waals surface area contributed by atoms with Crippen LogP contribution in [0.25, 0.3) is 0 Å². The Morgan fingerprint density at radius 1 is 1.11 bits per heavy atom. The quantitative estimate of drug-likeness (QED) is 0.626. The van der Waals surface area contributed by atoms with Crippen molar-refractivity contribution in [3.63, 3.8) is 0 Å². The minimum atomic E-state index is -0.133. The molecule has 2 aromatic rings. The lowest BCUT2D eigenvalue weighted by Crippen LogP contribution is -1.94. The molecule has 0 aliphatic rings. The van der Waals surface area contributed by atoms with Gasteiger partial charge in [0.2, 0.25) is 5.12 Å². The molecule has 0 spiro atoms. The van der Waals surface area contributed by atoms with E-state index in [9.17, 15) is 9.59 Å². The molecule has 0 atom stereocenters. The Bertz CT molecular complexity index is 596. The first-order chi connectivity index (χ1) is 8.70. The van der Waals surface area contributed by atoms with E-state index in [0.29, 0.717) is 21.0 Å². The summed E-state index contributed by atoms with van der Waals surface area (Å²) in [4.78, 5) is 23.5. The van der Waals surface area contributed by atoms with Gasteiger partial charge < -0.3 is 0 Å². The van der Waals surface area contributed by atoms with Crippen LogP contribution in [0.2, 0.25) is 5.02 Å². The van der Waals surface area contributed by atoms with Gasteiger partial charge in [-0.3, -0.25) is 9.59 Å². The number of benzene rings is 2. The molecular weight excluding hydrogens is 268 g/mol. The molecule has 0 bridgehead atoms. The SMILES string of the molecule is O=Cc1ccccc1SC(=O)c1cccc(Cl)c1. The number of halogens is 1. The average Bonchev–Trinajstić information content (AvgIpc) is 2.39. The summed E-state index contributed by atoms with van der Waals surface area (Å²) < 4.78 is 0. The molecule has 0 aliphatic carbocycles. The van der Waals surface area contributed by atoms with Gasteiger partial charge in [-0.05, 0) is 30.0 Å². The molecule has 0 heterocycles. The molecule has 4 heteroatoms. The Morgan fingerprint density at radius 2 is 1.89 bits per heavy atom. The largest absolute Gasteiger partial charge is 0.298 e. The second kappa shape index (κ2) is 5.85. The van der Waals surface area contributed by atoms with Gasteiger partial charge in [-0.15, -0.1) is 0 Å². The summed E-state index contributed by atoms with van der Waals surface area (Å²) in [6, 6.07) is 13.7. The second-order valence-corrected chi connectivity index (χ2v) is 5.01. The summed E-state index contributed by atoms with van der Waals surface area (Å²) in [6.45, 7) is 0. The molecule has 0 amide bonds. The van der Waals surface area contributed by atoms with Gasteiger partial charge in [0.25, 0.3) is 0 Å². The molecule has 0 saturated carbocycles. The molecule has 0 aliphatic heterocycles. The zero-order valence-electron chi connectivity index (χ0n) is 9.30. The third-order valence-electron chi connectivity index (χ3n) is 2.31. The van der Waals surface area contributed by atoms with Crippen molar-refractivity contribution < 1.29 is 9.59 Å². The lowest BCUT2D eigenvalue weighted by atomic mass is 10.2. The Kier molecular flexibility index (Phi) is 4.18. The first-order valence-corrected chi connectivity index (χ1v) is 6.42. The molecule has 0 radical (unpaired) electrons. The number of hydrogen-bond acceptors (Lipinski definition) is 3. The van der Waals surface area contributed by atoms with E-state index < -0.39 is 0 Å². The fourth-order valence-corrected chi connectivity index (χ4v) is 2.46. The molecular formula is C14H9ClO2S. The van der Waals surface area contributed by atoms with Gasteiger partial charge in [0, 0.05) is 21.0 Å². The second-order valence-electron chi connectivity index (χ2n) is 3.56. The number of hydrogen-bond donors (Lipinski definition) is 0. The van der Waals surface area contributed by atoms with Crippen molar-refractivity contribution in [2.75, 3.05) is 0 Å². The first kappa shape index (κ1) is 12.9. The van der Waals surface area contributed by atoms with E-state index in [1.54, 1.807) is 48.5 Å². The highest BCUT2D eigenvalue weighted by Crippen LogP contribution is 2.26. The van der Waals surface area contributed by atoms with Crippen molar-refractivity contribution in [2.24, 2.45) is 0 Å². The Balaban J connectivity index is 2.24. The zero-order valence-corrected chi connectivity index (χ0v) is 10.9. The maximum atomic E-state index is 12.0. The first-order valence-electron chi connectivity index (χ1n) is 5.22. The normalized spacial score (nSPS) is 10.1. The summed E-state index contributed by atoms with van der Waals surface area (Å²) in [7, 11) is 0. The van der Waals surface area contributed by atoms with Crippen molar-refractivity contribution in [1.82, 2.24) is 0 Å². The molecule has 0 saturated heterocycles. The predicted molar refractivity (Wildman–Crippen MR) is 73.5 cm³/mol. The van der Waals surface area contributed by atoms with E-state index >= 15 is 0 Å². The van der Waals surface area contributed by atoms with E-state index in [1.807, 2.05) is 0 Å². The van der Waals surface area contributed by atoms with Gasteiger partial charge in [0.1, 0.15) is 0 Å². The molecule has 18 heavy (non-hydrogen) atoms. The van der Waals surface area contributed by atoms with Crippen LogP contribution in [0.3, 0.4) is 0 Å². The lowest BCUT2D eigenvalue weighted by molar-refractivity contribution is 0.108. The fraction of sp³-hybridized carbons (Fsp3) is 0. The maximum absolute atomic E-state index is 12.0. The van der Waals surface area contributed by atoms with E-state index in [2.05, 4.69) is 0 Å². The third kappa shape index (κ3) is 3.00. The van der Waals surface area contributed by atoms with Crippen LogP contribution in [0.1, 0.15) is 20.7 Å². The van der Waals surface area contributed by atoms with Gasteiger partial charge >= 0.3 is 0 Å². The number of thioether (sulfide) groups is 1. The van der Waals surface area contributed by atoms with Crippen molar-refractivity contribution in [2.45, 2.75) is 4.90 Å². The standard InChI is InChI=1S/C14H9ClO2S/c15-12-6-3-5-10(8-12)14(17)18-13-7-2-1-4-11(13)9-16/h1-9H. The Hall–Kier alpha value is -1.58. The van der Waals surface area contributed by atoms with Crippen molar-refractivity contribution in [3.8, 4) is 0 Å². The maximum Gasteiger partial charge on any atom is 0.224 e. The Labute approximate surface area is 114 Å². The molecule has 90 valence electrons. The summed E-state index contributed by atoms with van der Waals surface area (Å²) in [5, 5.41) is 0.386. The fourth-order valence-electron chi connectivity index (χ4n) is 1.45. The van der Waals surface area contributed by atoms with E-state index in [-0.39, 0.29) is 5.12 Å². The van der Waals surface area contributed by atoms with E-state index in [4.69, 9.17) is 11.6 Å². The van der Waals surface area contributed by atoms with Crippen LogP contribution >= 0.6 is 23.4 Å². The lowest BCUT2D eigenvalue weighted by Gasteiger charge is -2.03. The van der Waals surface area contributed by atoms with Crippen LogP contribution in [0.15, 0.2) is 53.4 Å². The number of carbonyl (C=O) groups excluding carboxylic acids is 2. The van der Waals surface area contributed by atoms with Crippen LogP contribution in [-0.4, -0.2) is 11.4 Å². The number of aldehydes is 1. The molecule has 0 fully saturated rings. The van der Waals surface area contributed by atoms with Gasteiger partial charge in [-0.2, -0.15) is 0 Å². The minimum Gasteiger partial charge on any atom is -0.298 e. The van der Waals surface area contributed by atoms with Gasteiger partial charge in [0.15, 0.2) is 6.29 Å². The van der Waals surface area contributed by atoms with Gasteiger partial charge in [-0.1, -0.05) is 41.9 Å². The number of carbonyl (C=O) groups is 2. The smallest absolute Gasteiger partial charge is 0.224 e. The van der Waals surface area contributed by atoms with Gasteiger partial charge in [0.05, 0.1) is 0 Å². The number of rotatable bonds is 3. The molecule has 2 aromatic carbocycles. The highest BCUT2D eigenvalue weighted by molar-refractivity contribution is 8.14. The zero-order chi connectivity index (χ0) is 13.0. The minimum absolute atomic E-state index is 0.133. The highest BCUT2D eigenvalue weighted by Gasteiger charge is 2.10. The van der Waals surface area contributed by atoms with E-state index in [0.717, 1.165) is 18.0 Å². The molecule has 2 rings (SSSR count). The van der Waals surface area contributed by atoms with Crippen molar-refractivity contribution in [1.29, 1.82) is 0 Å². The monoisotopic (exact) mass is 276 g/mol. The molecule has 0 N–H and O–H groups in total. The third-order valence-corrected chi connectivity index (χ3v) is 3.56. The van der Waals surface area contributed by atoms with Crippen LogP contribution < -0.4 is 0 Å². The van der Waals surface area contributed by atoms with E-state index in [1.165, 1.54) is 0 Å². The summed E-state index contributed by atoms with van der Waals surface area (Å²) in [5.41, 5.74) is 1.03. The van der Waals surface area contributed by atoms with Crippen LogP contribution in [0.4, 0.5) is 0 Å². The van der Waals surface area contributed by atoms with Crippen LogP contribution in [0, 0.1) is 0 Å².